The predicted molar refractivity (Wildman–Crippen MR) is 135 cm³/mol. The van der Waals surface area contributed by atoms with Gasteiger partial charge >= 0.3 is 6.01 Å². The third kappa shape index (κ3) is 4.81. The van der Waals surface area contributed by atoms with Crippen molar-refractivity contribution in [3.8, 4) is 17.6 Å². The zero-order valence-electron chi connectivity index (χ0n) is 20.0. The Hall–Kier alpha value is -3.98. The number of aromatic nitrogens is 4. The van der Waals surface area contributed by atoms with Gasteiger partial charge in [0.05, 0.1) is 30.3 Å². The predicted octanol–water partition coefficient (Wildman–Crippen LogP) is 4.65. The number of benzene rings is 1. The van der Waals surface area contributed by atoms with Crippen LogP contribution in [0.1, 0.15) is 25.3 Å². The minimum Gasteiger partial charge on any atom is -0.493 e. The van der Waals surface area contributed by atoms with Crippen LogP contribution in [0.15, 0.2) is 55.0 Å². The van der Waals surface area contributed by atoms with Gasteiger partial charge in [-0.1, -0.05) is 13.8 Å². The number of ether oxygens (including phenoxy) is 2. The average molecular weight is 473 g/mol. The van der Waals surface area contributed by atoms with Crippen LogP contribution in [0.2, 0.25) is 0 Å². The van der Waals surface area contributed by atoms with Gasteiger partial charge < -0.3 is 24.4 Å². The number of morpholine rings is 1. The van der Waals surface area contributed by atoms with Gasteiger partial charge in [-0.25, -0.2) is 4.98 Å². The maximum Gasteiger partial charge on any atom is 0.325 e. The van der Waals surface area contributed by atoms with Gasteiger partial charge in [0, 0.05) is 50.0 Å². The molecule has 1 aromatic carbocycles. The molecule has 180 valence electrons. The second kappa shape index (κ2) is 9.71. The molecule has 1 N–H and O–H groups in total. The Kier molecular flexibility index (Phi) is 6.33. The first-order valence-electron chi connectivity index (χ1n) is 11.6. The van der Waals surface area contributed by atoms with Crippen molar-refractivity contribution in [3.63, 3.8) is 0 Å². The molecule has 9 nitrogen and oxygen atoms in total. The summed E-state index contributed by atoms with van der Waals surface area (Å²) in [5.74, 6) is 1.65. The number of fused-ring (bicyclic) bond motifs is 1. The van der Waals surface area contributed by atoms with Gasteiger partial charge in [0.2, 0.25) is 5.88 Å². The van der Waals surface area contributed by atoms with Gasteiger partial charge in [-0.05, 0) is 41.8 Å². The van der Waals surface area contributed by atoms with Gasteiger partial charge in [0.1, 0.15) is 11.6 Å². The van der Waals surface area contributed by atoms with Crippen LogP contribution < -0.4 is 14.5 Å². The number of rotatable bonds is 6. The number of hydrogen-bond acceptors (Lipinski definition) is 9. The van der Waals surface area contributed by atoms with E-state index in [1.807, 2.05) is 42.4 Å². The smallest absolute Gasteiger partial charge is 0.325 e. The van der Waals surface area contributed by atoms with Crippen LogP contribution in [0.5, 0.6) is 17.6 Å². The van der Waals surface area contributed by atoms with Crippen LogP contribution in [0.4, 0.5) is 17.2 Å². The average Bonchev–Trinajstić information content (AvgIpc) is 2.89. The fraction of sp³-hybridized carbons (Fsp3) is 0.308. The molecule has 1 aliphatic heterocycles. The molecule has 3 aromatic heterocycles. The Balaban J connectivity index is 1.36. The fourth-order valence-electron chi connectivity index (χ4n) is 4.12. The Morgan fingerprint density at radius 1 is 1.06 bits per heavy atom. The van der Waals surface area contributed by atoms with Crippen LogP contribution in [0.25, 0.3) is 10.9 Å². The SMILES string of the molecule is CC(C)c1cnc(N(C)c2ccc(Oc3nc(O)c4ccncc4n3)cc2)cc1N1CCOCC1. The van der Waals surface area contributed by atoms with Crippen LogP contribution in [0.3, 0.4) is 0 Å². The zero-order valence-corrected chi connectivity index (χ0v) is 20.0. The van der Waals surface area contributed by atoms with Crippen LogP contribution in [0, 0.1) is 0 Å². The lowest BCUT2D eigenvalue weighted by Crippen LogP contribution is -2.37. The van der Waals surface area contributed by atoms with E-state index in [1.54, 1.807) is 18.5 Å². The minimum atomic E-state index is -0.143. The first-order valence-corrected chi connectivity index (χ1v) is 11.6. The third-order valence-electron chi connectivity index (χ3n) is 6.11. The Morgan fingerprint density at radius 3 is 2.57 bits per heavy atom. The highest BCUT2D eigenvalue weighted by Gasteiger charge is 2.19. The molecule has 35 heavy (non-hydrogen) atoms. The van der Waals surface area contributed by atoms with Crippen molar-refractivity contribution in [1.82, 2.24) is 19.9 Å². The van der Waals surface area contributed by atoms with E-state index in [4.69, 9.17) is 14.5 Å². The topological polar surface area (TPSA) is 96.7 Å². The summed E-state index contributed by atoms with van der Waals surface area (Å²) < 4.78 is 11.3. The molecule has 0 aliphatic carbocycles. The van der Waals surface area contributed by atoms with Gasteiger partial charge in [-0.15, -0.1) is 0 Å². The molecule has 0 atom stereocenters. The monoisotopic (exact) mass is 472 g/mol. The van der Waals surface area contributed by atoms with Gasteiger partial charge in [0.25, 0.3) is 0 Å². The largest absolute Gasteiger partial charge is 0.493 e. The van der Waals surface area contributed by atoms with Crippen molar-refractivity contribution < 1.29 is 14.6 Å². The van der Waals surface area contributed by atoms with Crippen molar-refractivity contribution in [2.24, 2.45) is 0 Å². The maximum atomic E-state index is 10.2. The van der Waals surface area contributed by atoms with Crippen molar-refractivity contribution >= 4 is 28.1 Å². The quantitative estimate of drug-likeness (QED) is 0.430. The molecule has 9 heteroatoms. The molecule has 0 saturated carbocycles. The van der Waals surface area contributed by atoms with Gasteiger partial charge in [0.15, 0.2) is 0 Å². The van der Waals surface area contributed by atoms with Crippen LogP contribution >= 0.6 is 0 Å². The normalized spacial score (nSPS) is 13.9. The number of aromatic hydroxyl groups is 1. The molecule has 1 fully saturated rings. The van der Waals surface area contributed by atoms with E-state index in [2.05, 4.69) is 39.8 Å². The van der Waals surface area contributed by atoms with E-state index in [0.717, 1.165) is 37.8 Å². The molecular weight excluding hydrogens is 444 g/mol. The second-order valence-corrected chi connectivity index (χ2v) is 8.73. The Labute approximate surface area is 204 Å². The highest BCUT2D eigenvalue weighted by Crippen LogP contribution is 2.33. The summed E-state index contributed by atoms with van der Waals surface area (Å²) >= 11 is 0. The van der Waals surface area contributed by atoms with Crippen molar-refractivity contribution in [1.29, 1.82) is 0 Å². The Bertz CT molecular complexity index is 1320. The molecule has 0 radical (unpaired) electrons. The van der Waals surface area contributed by atoms with E-state index in [-0.39, 0.29) is 11.9 Å². The lowest BCUT2D eigenvalue weighted by molar-refractivity contribution is 0.122. The van der Waals surface area contributed by atoms with E-state index < -0.39 is 0 Å². The molecule has 0 amide bonds. The summed E-state index contributed by atoms with van der Waals surface area (Å²) in [4.78, 5) is 21.6. The molecule has 0 spiro atoms. The fourth-order valence-corrected chi connectivity index (χ4v) is 4.12. The maximum absolute atomic E-state index is 10.2. The van der Waals surface area contributed by atoms with Crippen LogP contribution in [-0.4, -0.2) is 58.4 Å². The number of pyridine rings is 2. The molecule has 4 aromatic rings. The molecule has 5 rings (SSSR count). The highest BCUT2D eigenvalue weighted by molar-refractivity contribution is 5.82. The standard InChI is InChI=1S/C26H28N6O3/c1-17(2)21-15-28-24(14-23(21)32-10-12-34-13-11-32)31(3)18-4-6-19(7-5-18)35-26-29-22-16-27-9-8-20(22)25(33)30-26/h4-9,14-17H,10-13H2,1-3H3,(H,29,30,33). The van der Waals surface area contributed by atoms with E-state index >= 15 is 0 Å². The molecule has 0 bridgehead atoms. The minimum absolute atomic E-state index is 0.0604. The summed E-state index contributed by atoms with van der Waals surface area (Å²) in [7, 11) is 1.99. The summed E-state index contributed by atoms with van der Waals surface area (Å²) in [5.41, 5.74) is 3.92. The van der Waals surface area contributed by atoms with Crippen molar-refractivity contribution in [2.75, 3.05) is 43.2 Å². The Morgan fingerprint density at radius 2 is 1.83 bits per heavy atom. The lowest BCUT2D eigenvalue weighted by Gasteiger charge is -2.32. The molecule has 0 unspecified atom stereocenters. The molecule has 1 saturated heterocycles. The third-order valence-corrected chi connectivity index (χ3v) is 6.11. The first-order chi connectivity index (χ1) is 17.0. The van der Waals surface area contributed by atoms with E-state index in [0.29, 0.717) is 22.6 Å². The van der Waals surface area contributed by atoms with Crippen LogP contribution in [-0.2, 0) is 4.74 Å². The summed E-state index contributed by atoms with van der Waals surface area (Å²) in [5, 5.41) is 10.7. The highest BCUT2D eigenvalue weighted by atomic mass is 16.5. The molecule has 1 aliphatic rings. The van der Waals surface area contributed by atoms with Crippen molar-refractivity contribution in [3.05, 3.63) is 60.6 Å². The number of nitrogens with zero attached hydrogens (tertiary/aromatic N) is 6. The number of hydrogen-bond donors (Lipinski definition) is 1. The molecular formula is C26H28N6O3. The summed E-state index contributed by atoms with van der Waals surface area (Å²) in [6, 6.07) is 11.4. The summed E-state index contributed by atoms with van der Waals surface area (Å²) in [6.07, 6.45) is 5.12. The first kappa shape index (κ1) is 22.8. The summed E-state index contributed by atoms with van der Waals surface area (Å²) in [6.45, 7) is 7.61. The molecule has 4 heterocycles. The van der Waals surface area contributed by atoms with Gasteiger partial charge in [-0.3, -0.25) is 4.98 Å². The van der Waals surface area contributed by atoms with Crippen molar-refractivity contribution in [2.45, 2.75) is 19.8 Å². The van der Waals surface area contributed by atoms with Gasteiger partial charge in [-0.2, -0.15) is 9.97 Å². The lowest BCUT2D eigenvalue weighted by atomic mass is 10.0. The number of anilines is 3. The van der Waals surface area contributed by atoms with E-state index in [9.17, 15) is 5.11 Å². The zero-order chi connectivity index (χ0) is 24.4. The second-order valence-electron chi connectivity index (χ2n) is 8.73. The van der Waals surface area contributed by atoms with E-state index in [1.165, 1.54) is 11.3 Å².